The first-order valence-electron chi connectivity index (χ1n) is 6.26. The molecule has 2 heterocycles. The third kappa shape index (κ3) is 3.19. The molecule has 0 aliphatic carbocycles. The molecule has 3 amide bonds. The highest BCUT2D eigenvalue weighted by atomic mass is 16.2. The number of carbonyl (C=O) groups is 3. The molecule has 0 bridgehead atoms. The molecule has 0 saturated carbocycles. The molecule has 2 rings (SSSR count). The lowest BCUT2D eigenvalue weighted by molar-refractivity contribution is -0.134. The molecule has 7 heteroatoms. The molecule has 0 unspecified atom stereocenters. The van der Waals surface area contributed by atoms with Crippen molar-refractivity contribution in [3.63, 3.8) is 0 Å². The van der Waals surface area contributed by atoms with Crippen molar-refractivity contribution in [3.05, 3.63) is 0 Å². The van der Waals surface area contributed by atoms with Crippen LogP contribution >= 0.6 is 0 Å². The van der Waals surface area contributed by atoms with E-state index in [2.05, 4.69) is 16.2 Å². The molecule has 2 aliphatic heterocycles. The number of likely N-dealkylation sites (tertiary alicyclic amines) is 1. The van der Waals surface area contributed by atoms with Crippen molar-refractivity contribution in [1.29, 1.82) is 0 Å². The van der Waals surface area contributed by atoms with Gasteiger partial charge in [-0.1, -0.05) is 0 Å². The van der Waals surface area contributed by atoms with Crippen LogP contribution in [0.2, 0.25) is 0 Å². The van der Waals surface area contributed by atoms with Crippen LogP contribution in [0.15, 0.2) is 0 Å². The van der Waals surface area contributed by atoms with Crippen LogP contribution in [0.3, 0.4) is 0 Å². The lowest BCUT2D eigenvalue weighted by Gasteiger charge is -2.16. The maximum atomic E-state index is 11.6. The third-order valence-corrected chi connectivity index (χ3v) is 3.21. The Bertz CT molecular complexity index is 352. The van der Waals surface area contributed by atoms with Crippen LogP contribution < -0.4 is 16.2 Å². The van der Waals surface area contributed by atoms with Gasteiger partial charge >= 0.3 is 0 Å². The van der Waals surface area contributed by atoms with E-state index in [0.29, 0.717) is 13.0 Å². The van der Waals surface area contributed by atoms with E-state index in [1.807, 2.05) is 0 Å². The minimum absolute atomic E-state index is 0.00561. The molecule has 1 atom stereocenters. The molecule has 0 spiro atoms. The van der Waals surface area contributed by atoms with Gasteiger partial charge in [-0.2, -0.15) is 0 Å². The smallest absolute Gasteiger partial charge is 0.257 e. The highest BCUT2D eigenvalue weighted by Crippen LogP contribution is 2.08. The van der Waals surface area contributed by atoms with E-state index in [4.69, 9.17) is 0 Å². The van der Waals surface area contributed by atoms with Gasteiger partial charge in [0.15, 0.2) is 0 Å². The van der Waals surface area contributed by atoms with Crippen LogP contribution in [0.4, 0.5) is 0 Å². The van der Waals surface area contributed by atoms with E-state index in [1.54, 1.807) is 0 Å². The van der Waals surface area contributed by atoms with Crippen LogP contribution in [0.1, 0.15) is 25.7 Å². The number of amides is 3. The maximum absolute atomic E-state index is 11.6. The SMILES string of the molecule is O=C(CN1CCCC1=O)NNC(=O)[C@@H]1CCCN1. The molecule has 2 saturated heterocycles. The minimum Gasteiger partial charge on any atom is -0.333 e. The van der Waals surface area contributed by atoms with Gasteiger partial charge in [-0.25, -0.2) is 0 Å². The molecule has 0 aromatic heterocycles. The molecule has 2 fully saturated rings. The van der Waals surface area contributed by atoms with Crippen LogP contribution in [0, 0.1) is 0 Å². The predicted molar refractivity (Wildman–Crippen MR) is 63.1 cm³/mol. The third-order valence-electron chi connectivity index (χ3n) is 3.21. The van der Waals surface area contributed by atoms with Crippen molar-refractivity contribution in [2.45, 2.75) is 31.7 Å². The number of hydrogen-bond acceptors (Lipinski definition) is 4. The average molecular weight is 254 g/mol. The molecule has 0 radical (unpaired) electrons. The van der Waals surface area contributed by atoms with Crippen molar-refractivity contribution in [2.75, 3.05) is 19.6 Å². The number of carbonyl (C=O) groups excluding carboxylic acids is 3. The molecular weight excluding hydrogens is 236 g/mol. The first kappa shape index (κ1) is 12.8. The quantitative estimate of drug-likeness (QED) is 0.535. The van der Waals surface area contributed by atoms with Gasteiger partial charge in [-0.05, 0) is 25.8 Å². The number of hydrazine groups is 1. The van der Waals surface area contributed by atoms with E-state index in [9.17, 15) is 14.4 Å². The Morgan fingerprint density at radius 2 is 2.17 bits per heavy atom. The van der Waals surface area contributed by atoms with E-state index in [-0.39, 0.29) is 30.3 Å². The van der Waals surface area contributed by atoms with Gasteiger partial charge in [0.25, 0.3) is 11.8 Å². The fraction of sp³-hybridized carbons (Fsp3) is 0.727. The largest absolute Gasteiger partial charge is 0.333 e. The molecular formula is C11H18N4O3. The molecule has 2 aliphatic rings. The van der Waals surface area contributed by atoms with Crippen LogP contribution in [-0.2, 0) is 14.4 Å². The normalized spacial score (nSPS) is 23.2. The second-order valence-corrected chi connectivity index (χ2v) is 4.61. The Kier molecular flexibility index (Phi) is 4.14. The van der Waals surface area contributed by atoms with Crippen LogP contribution in [-0.4, -0.2) is 48.3 Å². The maximum Gasteiger partial charge on any atom is 0.257 e. The highest BCUT2D eigenvalue weighted by molar-refractivity contribution is 5.88. The van der Waals surface area contributed by atoms with Gasteiger partial charge < -0.3 is 10.2 Å². The standard InChI is InChI=1S/C11H18N4O3/c16-9(7-15-6-2-4-10(15)17)13-14-11(18)8-3-1-5-12-8/h8,12H,1-7H2,(H,13,16)(H,14,18)/t8-/m0/s1. The summed E-state index contributed by atoms with van der Waals surface area (Å²) in [6.07, 6.45) is 3.05. The van der Waals surface area contributed by atoms with Crippen molar-refractivity contribution in [2.24, 2.45) is 0 Å². The summed E-state index contributed by atoms with van der Waals surface area (Å²) in [7, 11) is 0. The summed E-state index contributed by atoms with van der Waals surface area (Å²) in [5, 5.41) is 3.03. The van der Waals surface area contributed by atoms with Crippen LogP contribution in [0.25, 0.3) is 0 Å². The molecule has 3 N–H and O–H groups in total. The Hall–Kier alpha value is -1.63. The average Bonchev–Trinajstić information content (AvgIpc) is 2.99. The van der Waals surface area contributed by atoms with E-state index in [0.717, 1.165) is 25.8 Å². The van der Waals surface area contributed by atoms with E-state index >= 15 is 0 Å². The summed E-state index contributed by atoms with van der Waals surface area (Å²) in [5.41, 5.74) is 4.71. The van der Waals surface area contributed by atoms with Gasteiger partial charge in [-0.15, -0.1) is 0 Å². The lowest BCUT2D eigenvalue weighted by Crippen LogP contribution is -2.51. The minimum atomic E-state index is -0.364. The Balaban J connectivity index is 1.68. The summed E-state index contributed by atoms with van der Waals surface area (Å²) in [6, 6.07) is -0.223. The fourth-order valence-electron chi connectivity index (χ4n) is 2.21. The van der Waals surface area contributed by atoms with Crippen molar-refractivity contribution in [1.82, 2.24) is 21.1 Å². The first-order chi connectivity index (χ1) is 8.66. The second kappa shape index (κ2) is 5.81. The summed E-state index contributed by atoms with van der Waals surface area (Å²) >= 11 is 0. The number of hydrogen-bond donors (Lipinski definition) is 3. The van der Waals surface area contributed by atoms with Gasteiger partial charge in [0, 0.05) is 13.0 Å². The predicted octanol–water partition coefficient (Wildman–Crippen LogP) is -1.49. The summed E-state index contributed by atoms with van der Waals surface area (Å²) in [6.45, 7) is 1.45. The molecule has 0 aromatic rings. The Labute approximate surface area is 105 Å². The zero-order chi connectivity index (χ0) is 13.0. The van der Waals surface area contributed by atoms with Crippen molar-refractivity contribution in [3.8, 4) is 0 Å². The molecule has 7 nitrogen and oxygen atoms in total. The number of nitrogens with one attached hydrogen (secondary N) is 3. The summed E-state index contributed by atoms with van der Waals surface area (Å²) < 4.78 is 0. The van der Waals surface area contributed by atoms with Gasteiger partial charge in [0.2, 0.25) is 5.91 Å². The second-order valence-electron chi connectivity index (χ2n) is 4.61. The van der Waals surface area contributed by atoms with Crippen molar-refractivity contribution < 1.29 is 14.4 Å². The molecule has 100 valence electrons. The van der Waals surface area contributed by atoms with Gasteiger partial charge in [0.1, 0.15) is 6.54 Å². The monoisotopic (exact) mass is 254 g/mol. The fourth-order valence-corrected chi connectivity index (χ4v) is 2.21. The lowest BCUT2D eigenvalue weighted by atomic mass is 10.2. The van der Waals surface area contributed by atoms with Gasteiger partial charge in [0.05, 0.1) is 6.04 Å². The summed E-state index contributed by atoms with van der Waals surface area (Å²) in [4.78, 5) is 35.9. The Morgan fingerprint density at radius 3 is 2.78 bits per heavy atom. The van der Waals surface area contributed by atoms with Crippen LogP contribution in [0.5, 0.6) is 0 Å². The first-order valence-corrected chi connectivity index (χ1v) is 6.26. The highest BCUT2D eigenvalue weighted by Gasteiger charge is 2.24. The summed E-state index contributed by atoms with van der Waals surface area (Å²) in [5.74, 6) is -0.598. The van der Waals surface area contributed by atoms with E-state index in [1.165, 1.54) is 4.90 Å². The van der Waals surface area contributed by atoms with Gasteiger partial charge in [-0.3, -0.25) is 25.2 Å². The molecule has 0 aromatic carbocycles. The topological polar surface area (TPSA) is 90.5 Å². The van der Waals surface area contributed by atoms with Crippen molar-refractivity contribution >= 4 is 17.7 Å². The number of nitrogens with zero attached hydrogens (tertiary/aromatic N) is 1. The Morgan fingerprint density at radius 1 is 1.33 bits per heavy atom. The van der Waals surface area contributed by atoms with E-state index < -0.39 is 0 Å². The number of rotatable bonds is 3. The zero-order valence-electron chi connectivity index (χ0n) is 10.2. The zero-order valence-corrected chi connectivity index (χ0v) is 10.2. The molecule has 18 heavy (non-hydrogen) atoms.